The highest BCUT2D eigenvalue weighted by Gasteiger charge is 2.05. The van der Waals surface area contributed by atoms with Crippen LogP contribution in [0, 0.1) is 6.92 Å². The third kappa shape index (κ3) is 3.39. The van der Waals surface area contributed by atoms with Gasteiger partial charge in [0.25, 0.3) is 0 Å². The van der Waals surface area contributed by atoms with Gasteiger partial charge in [-0.05, 0) is 32.9 Å². The smallest absolute Gasteiger partial charge is 0.106 e. The van der Waals surface area contributed by atoms with Gasteiger partial charge in [-0.15, -0.1) is 0 Å². The van der Waals surface area contributed by atoms with Gasteiger partial charge in [-0.2, -0.15) is 0 Å². The molecule has 2 nitrogen and oxygen atoms in total. The first-order valence-corrected chi connectivity index (χ1v) is 5.49. The van der Waals surface area contributed by atoms with E-state index >= 15 is 0 Å². The van der Waals surface area contributed by atoms with Crippen LogP contribution in [0.3, 0.4) is 0 Å². The highest BCUT2D eigenvalue weighted by molar-refractivity contribution is 5.60. The first-order valence-electron chi connectivity index (χ1n) is 5.49. The molecule has 0 unspecified atom stereocenters. The lowest BCUT2D eigenvalue weighted by atomic mass is 10.3. The minimum Gasteiger partial charge on any atom is -0.331 e. The van der Waals surface area contributed by atoms with Gasteiger partial charge >= 0.3 is 0 Å². The lowest BCUT2D eigenvalue weighted by Gasteiger charge is -1.97. The highest BCUT2D eigenvalue weighted by atomic mass is 15.1. The summed E-state index contributed by atoms with van der Waals surface area (Å²) >= 11 is 0. The molecule has 1 heterocycles. The van der Waals surface area contributed by atoms with Gasteiger partial charge in [-0.1, -0.05) is 26.0 Å². The number of allylic oxidation sites excluding steroid dienone is 2. The number of hydrogen-bond donors (Lipinski definition) is 0. The second-order valence-electron chi connectivity index (χ2n) is 2.99. The summed E-state index contributed by atoms with van der Waals surface area (Å²) in [6, 6.07) is 0. The standard InChI is InChI=1S/C11H16N2.C2H6/c1-5-7-10-11(8-6-2)13(4)9(3)12-10;1-2/h5-8H,1-4H3;1-2H3/b7-5-,8-6-;. The molecule has 1 aromatic rings. The molecular formula is C13H22N2. The Morgan fingerprint density at radius 2 is 1.60 bits per heavy atom. The average molecular weight is 206 g/mol. The van der Waals surface area contributed by atoms with Gasteiger partial charge in [0.05, 0.1) is 11.4 Å². The van der Waals surface area contributed by atoms with Gasteiger partial charge in [0.2, 0.25) is 0 Å². The molecule has 0 amide bonds. The molecular weight excluding hydrogens is 184 g/mol. The fourth-order valence-corrected chi connectivity index (χ4v) is 1.29. The Kier molecular flexibility index (Phi) is 6.43. The van der Waals surface area contributed by atoms with Crippen molar-refractivity contribution in [3.05, 3.63) is 29.4 Å². The average Bonchev–Trinajstić information content (AvgIpc) is 2.50. The third-order valence-electron chi connectivity index (χ3n) is 2.04. The van der Waals surface area contributed by atoms with Crippen molar-refractivity contribution < 1.29 is 0 Å². The first kappa shape index (κ1) is 13.7. The second kappa shape index (κ2) is 7.04. The maximum absolute atomic E-state index is 4.44. The molecule has 0 spiro atoms. The number of rotatable bonds is 2. The van der Waals surface area contributed by atoms with Gasteiger partial charge in [-0.25, -0.2) is 4.98 Å². The van der Waals surface area contributed by atoms with Crippen LogP contribution in [-0.4, -0.2) is 9.55 Å². The molecule has 0 saturated heterocycles. The Labute approximate surface area is 93.3 Å². The highest BCUT2D eigenvalue weighted by Crippen LogP contribution is 2.13. The summed E-state index contributed by atoms with van der Waals surface area (Å²) in [7, 11) is 2.03. The molecule has 0 aliphatic carbocycles. The summed E-state index contributed by atoms with van der Waals surface area (Å²) in [6.07, 6.45) is 8.15. The van der Waals surface area contributed by atoms with E-state index in [1.54, 1.807) is 0 Å². The minimum absolute atomic E-state index is 1.04. The summed E-state index contributed by atoms with van der Waals surface area (Å²) in [5.74, 6) is 1.04. The van der Waals surface area contributed by atoms with Crippen molar-refractivity contribution in [2.24, 2.45) is 7.05 Å². The Balaban J connectivity index is 0.000000921. The molecule has 0 aliphatic heterocycles. The predicted molar refractivity (Wildman–Crippen MR) is 68.7 cm³/mol. The van der Waals surface area contributed by atoms with Crippen LogP contribution < -0.4 is 0 Å². The zero-order valence-corrected chi connectivity index (χ0v) is 10.7. The van der Waals surface area contributed by atoms with Crippen molar-refractivity contribution in [2.45, 2.75) is 34.6 Å². The molecule has 1 aromatic heterocycles. The molecule has 0 atom stereocenters. The van der Waals surface area contributed by atoms with Crippen LogP contribution in [0.1, 0.15) is 44.9 Å². The topological polar surface area (TPSA) is 17.8 Å². The van der Waals surface area contributed by atoms with E-state index in [9.17, 15) is 0 Å². The molecule has 2 heteroatoms. The van der Waals surface area contributed by atoms with Crippen LogP contribution in [0.5, 0.6) is 0 Å². The maximum atomic E-state index is 4.44. The summed E-state index contributed by atoms with van der Waals surface area (Å²) in [4.78, 5) is 4.44. The van der Waals surface area contributed by atoms with Gasteiger partial charge in [0.15, 0.2) is 0 Å². The fourth-order valence-electron chi connectivity index (χ4n) is 1.29. The second-order valence-corrected chi connectivity index (χ2v) is 2.99. The first-order chi connectivity index (χ1) is 7.20. The van der Waals surface area contributed by atoms with E-state index in [0.717, 1.165) is 17.2 Å². The summed E-state index contributed by atoms with van der Waals surface area (Å²) in [6.45, 7) is 10.0. The Bertz CT molecular complexity index is 344. The van der Waals surface area contributed by atoms with E-state index in [-0.39, 0.29) is 0 Å². The van der Waals surface area contributed by atoms with Crippen molar-refractivity contribution in [3.63, 3.8) is 0 Å². The van der Waals surface area contributed by atoms with Crippen LogP contribution in [0.15, 0.2) is 12.2 Å². The Morgan fingerprint density at radius 3 is 2.07 bits per heavy atom. The molecule has 84 valence electrons. The number of nitrogens with zero attached hydrogens (tertiary/aromatic N) is 2. The van der Waals surface area contributed by atoms with Gasteiger partial charge in [0.1, 0.15) is 5.82 Å². The van der Waals surface area contributed by atoms with Crippen molar-refractivity contribution in [1.29, 1.82) is 0 Å². The Morgan fingerprint density at radius 1 is 1.07 bits per heavy atom. The fraction of sp³-hybridized carbons (Fsp3) is 0.462. The van der Waals surface area contributed by atoms with Crippen LogP contribution in [0.4, 0.5) is 0 Å². The molecule has 1 rings (SSSR count). The SMILES string of the molecule is C/C=C\c1nc(C)n(C)c1/C=C\C.CC. The number of hydrogen-bond acceptors (Lipinski definition) is 1. The van der Waals surface area contributed by atoms with Crippen molar-refractivity contribution in [2.75, 3.05) is 0 Å². The van der Waals surface area contributed by atoms with Gasteiger partial charge < -0.3 is 4.57 Å². The zero-order chi connectivity index (χ0) is 11.8. The number of aryl methyl sites for hydroxylation is 1. The number of aromatic nitrogens is 2. The Hall–Kier alpha value is -1.31. The molecule has 0 fully saturated rings. The summed E-state index contributed by atoms with van der Waals surface area (Å²) in [5, 5.41) is 0. The monoisotopic (exact) mass is 206 g/mol. The van der Waals surface area contributed by atoms with Gasteiger partial charge in [-0.3, -0.25) is 0 Å². The molecule has 15 heavy (non-hydrogen) atoms. The minimum atomic E-state index is 1.04. The van der Waals surface area contributed by atoms with Crippen LogP contribution >= 0.6 is 0 Å². The van der Waals surface area contributed by atoms with Crippen molar-refractivity contribution >= 4 is 12.2 Å². The van der Waals surface area contributed by atoms with E-state index in [0.29, 0.717) is 0 Å². The lowest BCUT2D eigenvalue weighted by Crippen LogP contribution is -1.93. The predicted octanol–water partition coefficient (Wildman–Crippen LogP) is 3.82. The quantitative estimate of drug-likeness (QED) is 0.719. The van der Waals surface area contributed by atoms with Crippen molar-refractivity contribution in [3.8, 4) is 0 Å². The largest absolute Gasteiger partial charge is 0.331 e. The zero-order valence-electron chi connectivity index (χ0n) is 10.7. The third-order valence-corrected chi connectivity index (χ3v) is 2.04. The molecule has 0 saturated carbocycles. The summed E-state index contributed by atoms with van der Waals surface area (Å²) in [5.41, 5.74) is 2.21. The summed E-state index contributed by atoms with van der Waals surface area (Å²) < 4.78 is 2.09. The normalized spacial score (nSPS) is 10.8. The molecule has 0 radical (unpaired) electrons. The molecule has 0 N–H and O–H groups in total. The van der Waals surface area contributed by atoms with E-state index in [4.69, 9.17) is 0 Å². The van der Waals surface area contributed by atoms with E-state index in [1.807, 2.05) is 59.9 Å². The van der Waals surface area contributed by atoms with Crippen molar-refractivity contribution in [1.82, 2.24) is 9.55 Å². The van der Waals surface area contributed by atoms with Crippen LogP contribution in [0.25, 0.3) is 12.2 Å². The van der Waals surface area contributed by atoms with Crippen LogP contribution in [0.2, 0.25) is 0 Å². The van der Waals surface area contributed by atoms with Crippen LogP contribution in [-0.2, 0) is 7.05 Å². The van der Waals surface area contributed by atoms with E-state index < -0.39 is 0 Å². The molecule has 0 aliphatic rings. The molecule has 0 bridgehead atoms. The van der Waals surface area contributed by atoms with Gasteiger partial charge in [0, 0.05) is 7.05 Å². The maximum Gasteiger partial charge on any atom is 0.106 e. The van der Waals surface area contributed by atoms with E-state index in [1.165, 1.54) is 0 Å². The molecule has 0 aromatic carbocycles. The number of imidazole rings is 1. The van der Waals surface area contributed by atoms with E-state index in [2.05, 4.69) is 15.6 Å². The lowest BCUT2D eigenvalue weighted by molar-refractivity contribution is 0.849.